The molecule has 2 aromatic rings. The fraction of sp³-hybridized carbons (Fsp3) is 0.250. The molecule has 0 aliphatic carbocycles. The molecule has 1 aliphatic heterocycles. The minimum absolute atomic E-state index is 0.141. The fourth-order valence-corrected chi connectivity index (χ4v) is 2.48. The Bertz CT molecular complexity index is 688. The topological polar surface area (TPSA) is 51.2 Å². The van der Waals surface area contributed by atoms with Crippen molar-refractivity contribution in [2.45, 2.75) is 25.9 Å². The number of nitrogens with one attached hydrogen (secondary N) is 1. The summed E-state index contributed by atoms with van der Waals surface area (Å²) in [5.74, 6) is 0.171. The zero-order valence-electron chi connectivity index (χ0n) is 11.6. The van der Waals surface area contributed by atoms with Gasteiger partial charge in [0.25, 0.3) is 0 Å². The molecule has 0 bridgehead atoms. The number of halogens is 1. The van der Waals surface area contributed by atoms with Gasteiger partial charge in [0.05, 0.1) is 0 Å². The highest BCUT2D eigenvalue weighted by molar-refractivity contribution is 5.88. The van der Waals surface area contributed by atoms with Gasteiger partial charge in [0.2, 0.25) is 5.91 Å². The predicted octanol–water partition coefficient (Wildman–Crippen LogP) is 3.25. The molecule has 21 heavy (non-hydrogen) atoms. The maximum atomic E-state index is 13.8. The van der Waals surface area contributed by atoms with Crippen molar-refractivity contribution in [1.29, 1.82) is 0 Å². The normalized spacial score (nSPS) is 16.8. The molecule has 0 fully saturated rings. The summed E-state index contributed by atoms with van der Waals surface area (Å²) in [6.07, 6.45) is 2.63. The Morgan fingerprint density at radius 3 is 3.05 bits per heavy atom. The van der Waals surface area contributed by atoms with Gasteiger partial charge in [-0.25, -0.2) is 4.39 Å². The first kappa shape index (κ1) is 13.5. The summed E-state index contributed by atoms with van der Waals surface area (Å²) in [5, 5.41) is 2.71. The van der Waals surface area contributed by atoms with Gasteiger partial charge in [-0.2, -0.15) is 0 Å². The van der Waals surface area contributed by atoms with Crippen molar-refractivity contribution < 1.29 is 13.9 Å². The van der Waals surface area contributed by atoms with E-state index in [1.165, 1.54) is 13.0 Å². The fourth-order valence-electron chi connectivity index (χ4n) is 2.48. The number of amides is 1. The number of hydrogen-bond acceptors (Lipinski definition) is 3. The van der Waals surface area contributed by atoms with Crippen LogP contribution in [0.1, 0.15) is 30.7 Å². The number of ether oxygens (including phenoxy) is 1. The minimum Gasteiger partial charge on any atom is -0.484 e. The van der Waals surface area contributed by atoms with Crippen molar-refractivity contribution in [3.8, 4) is 5.75 Å². The van der Waals surface area contributed by atoms with E-state index in [-0.39, 0.29) is 11.7 Å². The number of carbonyl (C=O) groups excluding carboxylic acids is 1. The Morgan fingerprint density at radius 1 is 1.43 bits per heavy atom. The zero-order valence-corrected chi connectivity index (χ0v) is 11.6. The average Bonchev–Trinajstić information content (AvgIpc) is 2.46. The molecule has 0 saturated heterocycles. The van der Waals surface area contributed by atoms with E-state index in [1.54, 1.807) is 18.3 Å². The number of carbonyl (C=O) groups is 1. The molecule has 1 unspecified atom stereocenters. The largest absolute Gasteiger partial charge is 0.484 e. The van der Waals surface area contributed by atoms with Crippen molar-refractivity contribution in [3.05, 3.63) is 53.6 Å². The third-order valence-electron chi connectivity index (χ3n) is 3.42. The van der Waals surface area contributed by atoms with Gasteiger partial charge in [0.1, 0.15) is 23.4 Å². The van der Waals surface area contributed by atoms with Crippen molar-refractivity contribution >= 4 is 11.6 Å². The van der Waals surface area contributed by atoms with Crippen molar-refractivity contribution in [2.24, 2.45) is 0 Å². The molecule has 108 valence electrons. The Balaban J connectivity index is 1.87. The molecule has 0 radical (unpaired) electrons. The van der Waals surface area contributed by atoms with Crippen LogP contribution in [0, 0.1) is 5.82 Å². The molecule has 4 nitrogen and oxygen atoms in total. The van der Waals surface area contributed by atoms with Crippen LogP contribution in [-0.4, -0.2) is 10.9 Å². The number of anilines is 1. The number of nitrogens with zero attached hydrogens (tertiary/aromatic N) is 1. The molecule has 1 atom stereocenters. The van der Waals surface area contributed by atoms with Gasteiger partial charge in [-0.05, 0) is 36.6 Å². The van der Waals surface area contributed by atoms with Crippen LogP contribution in [0.15, 0.2) is 36.5 Å². The molecule has 0 saturated carbocycles. The summed E-state index contributed by atoms with van der Waals surface area (Å²) in [4.78, 5) is 15.2. The lowest BCUT2D eigenvalue weighted by Gasteiger charge is -2.26. The molecule has 5 heteroatoms. The Labute approximate surface area is 122 Å². The molecule has 1 aromatic carbocycles. The molecule has 1 aromatic heterocycles. The van der Waals surface area contributed by atoms with Crippen LogP contribution in [0.3, 0.4) is 0 Å². The van der Waals surface area contributed by atoms with Crippen molar-refractivity contribution in [2.75, 3.05) is 5.32 Å². The maximum absolute atomic E-state index is 13.8. The van der Waals surface area contributed by atoms with E-state index in [1.807, 2.05) is 12.1 Å². The first-order valence-electron chi connectivity index (χ1n) is 6.81. The highest BCUT2D eigenvalue weighted by atomic mass is 19.1. The van der Waals surface area contributed by atoms with Gasteiger partial charge >= 0.3 is 0 Å². The average molecular weight is 286 g/mol. The number of benzene rings is 1. The van der Waals surface area contributed by atoms with Crippen LogP contribution in [0.5, 0.6) is 5.75 Å². The Hall–Kier alpha value is -2.43. The zero-order chi connectivity index (χ0) is 14.8. The summed E-state index contributed by atoms with van der Waals surface area (Å²) >= 11 is 0. The van der Waals surface area contributed by atoms with Gasteiger partial charge < -0.3 is 10.1 Å². The first-order chi connectivity index (χ1) is 10.1. The molecule has 1 aliphatic rings. The van der Waals surface area contributed by atoms with Gasteiger partial charge in [0.15, 0.2) is 0 Å². The monoisotopic (exact) mass is 286 g/mol. The van der Waals surface area contributed by atoms with Gasteiger partial charge in [0, 0.05) is 24.9 Å². The molecule has 3 rings (SSSR count). The van der Waals surface area contributed by atoms with E-state index in [4.69, 9.17) is 4.74 Å². The lowest BCUT2D eigenvalue weighted by molar-refractivity contribution is -0.114. The van der Waals surface area contributed by atoms with Gasteiger partial charge in [-0.3, -0.25) is 9.78 Å². The second-order valence-electron chi connectivity index (χ2n) is 5.02. The molecule has 2 heterocycles. The van der Waals surface area contributed by atoms with Crippen LogP contribution < -0.4 is 10.1 Å². The first-order valence-corrected chi connectivity index (χ1v) is 6.81. The summed E-state index contributed by atoms with van der Waals surface area (Å²) in [5.41, 5.74) is 2.05. The number of hydrogen-bond donors (Lipinski definition) is 1. The summed E-state index contributed by atoms with van der Waals surface area (Å²) in [6.45, 7) is 1.45. The maximum Gasteiger partial charge on any atom is 0.221 e. The molecular weight excluding hydrogens is 271 g/mol. The smallest absolute Gasteiger partial charge is 0.221 e. The Kier molecular flexibility index (Phi) is 3.56. The number of pyridine rings is 1. The van der Waals surface area contributed by atoms with Gasteiger partial charge in [-0.15, -0.1) is 0 Å². The minimum atomic E-state index is -0.397. The Morgan fingerprint density at radius 2 is 2.29 bits per heavy atom. The van der Waals surface area contributed by atoms with Crippen LogP contribution in [-0.2, 0) is 11.2 Å². The van der Waals surface area contributed by atoms with E-state index < -0.39 is 6.10 Å². The molecule has 1 amide bonds. The molecule has 1 N–H and O–H groups in total. The van der Waals surface area contributed by atoms with Gasteiger partial charge in [-0.1, -0.05) is 6.07 Å². The number of rotatable bonds is 2. The SMILES string of the molecule is CC(=O)Nc1ccc2c(c1)OC(c1ncccc1F)CC2. The third-order valence-corrected chi connectivity index (χ3v) is 3.42. The summed E-state index contributed by atoms with van der Waals surface area (Å²) in [6, 6.07) is 8.47. The number of aromatic nitrogens is 1. The van der Waals surface area contributed by atoms with E-state index >= 15 is 0 Å². The van der Waals surface area contributed by atoms with E-state index in [0.717, 1.165) is 12.0 Å². The predicted molar refractivity (Wildman–Crippen MR) is 76.6 cm³/mol. The quantitative estimate of drug-likeness (QED) is 0.922. The molecule has 0 spiro atoms. The lowest BCUT2D eigenvalue weighted by Crippen LogP contribution is -2.18. The van der Waals surface area contributed by atoms with Crippen LogP contribution >= 0.6 is 0 Å². The van der Waals surface area contributed by atoms with Crippen molar-refractivity contribution in [3.63, 3.8) is 0 Å². The van der Waals surface area contributed by atoms with E-state index in [0.29, 0.717) is 23.6 Å². The third kappa shape index (κ3) is 2.86. The van der Waals surface area contributed by atoms with Crippen LogP contribution in [0.25, 0.3) is 0 Å². The molecular formula is C16H15FN2O2. The number of aryl methyl sites for hydroxylation is 1. The lowest BCUT2D eigenvalue weighted by atomic mass is 9.99. The standard InChI is InChI=1S/C16H15FN2O2/c1-10(20)19-12-6-4-11-5-7-14(21-15(11)9-12)16-13(17)3-2-8-18-16/h2-4,6,8-9,14H,5,7H2,1H3,(H,19,20). The highest BCUT2D eigenvalue weighted by Crippen LogP contribution is 2.36. The second-order valence-corrected chi connectivity index (χ2v) is 5.02. The van der Waals surface area contributed by atoms with Crippen molar-refractivity contribution in [1.82, 2.24) is 4.98 Å². The van der Waals surface area contributed by atoms with E-state index in [2.05, 4.69) is 10.3 Å². The highest BCUT2D eigenvalue weighted by Gasteiger charge is 2.25. The van der Waals surface area contributed by atoms with Crippen LogP contribution in [0.2, 0.25) is 0 Å². The van der Waals surface area contributed by atoms with E-state index in [9.17, 15) is 9.18 Å². The van der Waals surface area contributed by atoms with Crippen LogP contribution in [0.4, 0.5) is 10.1 Å². The second kappa shape index (κ2) is 5.52. The summed E-state index contributed by atoms with van der Waals surface area (Å²) < 4.78 is 19.7. The number of fused-ring (bicyclic) bond motifs is 1. The summed E-state index contributed by atoms with van der Waals surface area (Å²) in [7, 11) is 0.